The molecule has 0 radical (unpaired) electrons. The number of nitrogens with zero attached hydrogens (tertiary/aromatic N) is 6. The molecule has 2 bridgehead atoms. The van der Waals surface area contributed by atoms with E-state index in [0.29, 0.717) is 29.9 Å². The molecule has 4 aromatic rings. The van der Waals surface area contributed by atoms with Gasteiger partial charge in [-0.2, -0.15) is 4.98 Å². The fourth-order valence-corrected chi connectivity index (χ4v) is 5.95. The van der Waals surface area contributed by atoms with E-state index >= 15 is 0 Å². The van der Waals surface area contributed by atoms with Crippen molar-refractivity contribution in [3.8, 4) is 5.69 Å². The number of aliphatic hydroxyl groups is 1. The average molecular weight is 510 g/mol. The highest BCUT2D eigenvalue weighted by atomic mass is 16.3. The number of hydrogen-bond acceptors (Lipinski definition) is 7. The fourth-order valence-electron chi connectivity index (χ4n) is 5.95. The second-order valence-electron chi connectivity index (χ2n) is 10.5. The molecule has 2 N–H and O–H groups in total. The van der Waals surface area contributed by atoms with Gasteiger partial charge in [0.15, 0.2) is 5.65 Å². The summed E-state index contributed by atoms with van der Waals surface area (Å²) < 4.78 is 3.61. The molecule has 1 atom stereocenters. The number of nitrogens with one attached hydrogen (secondary N) is 1. The van der Waals surface area contributed by atoms with Crippen LogP contribution < -0.4 is 15.8 Å². The predicted octanol–water partition coefficient (Wildman–Crippen LogP) is 3.34. The van der Waals surface area contributed by atoms with Crippen LogP contribution in [0.4, 0.5) is 17.3 Å². The molecular formula is C29H31N7O2. The summed E-state index contributed by atoms with van der Waals surface area (Å²) in [5.41, 5.74) is 7.03. The summed E-state index contributed by atoms with van der Waals surface area (Å²) in [6.07, 6.45) is 8.73. The van der Waals surface area contributed by atoms with Crippen molar-refractivity contribution in [1.82, 2.24) is 24.2 Å². The number of hydrogen-bond donors (Lipinski definition) is 2. The standard InChI is InChI=1S/C29H31N7O2/c1-33-13-10-19-6-8-22(14-21(19)18-33)31-29-30-17-24-27(32-29)36-23-9-7-20-15-26(37)34(25(20)16-23)11-4-2-3-5-12-35(36)28(24)38/h3,5-9,14,16-17,26,37H,2,4,10-13,15,18H2,1H3,(H,30,31,32)/b5-3-. The van der Waals surface area contributed by atoms with Crippen LogP contribution in [0.2, 0.25) is 0 Å². The second kappa shape index (κ2) is 9.11. The molecule has 2 aromatic carbocycles. The van der Waals surface area contributed by atoms with Gasteiger partial charge in [0.05, 0.1) is 12.2 Å². The summed E-state index contributed by atoms with van der Waals surface area (Å²) in [6.45, 7) is 3.22. The lowest BCUT2D eigenvalue weighted by molar-refractivity contribution is 0.178. The lowest BCUT2D eigenvalue weighted by Gasteiger charge is -2.25. The largest absolute Gasteiger partial charge is 0.373 e. The molecular weight excluding hydrogens is 478 g/mol. The molecule has 7 rings (SSSR count). The maximum absolute atomic E-state index is 13.5. The molecule has 3 aliphatic heterocycles. The van der Waals surface area contributed by atoms with Crippen molar-refractivity contribution in [3.63, 3.8) is 0 Å². The molecule has 2 aromatic heterocycles. The molecule has 194 valence electrons. The zero-order valence-electron chi connectivity index (χ0n) is 21.5. The van der Waals surface area contributed by atoms with Crippen molar-refractivity contribution in [1.29, 1.82) is 0 Å². The molecule has 0 spiro atoms. The molecule has 9 heteroatoms. The number of rotatable bonds is 2. The van der Waals surface area contributed by atoms with Gasteiger partial charge in [0.25, 0.3) is 5.56 Å². The van der Waals surface area contributed by atoms with Crippen molar-refractivity contribution in [2.24, 2.45) is 0 Å². The number of aromatic nitrogens is 4. The Balaban J connectivity index is 1.34. The van der Waals surface area contributed by atoms with Gasteiger partial charge in [0, 0.05) is 43.6 Å². The van der Waals surface area contributed by atoms with Crippen LogP contribution in [0.25, 0.3) is 16.7 Å². The van der Waals surface area contributed by atoms with Crippen LogP contribution in [0.5, 0.6) is 0 Å². The number of aliphatic hydroxyl groups excluding tert-OH is 1. The van der Waals surface area contributed by atoms with E-state index in [9.17, 15) is 9.90 Å². The van der Waals surface area contributed by atoms with Gasteiger partial charge in [-0.1, -0.05) is 24.3 Å². The van der Waals surface area contributed by atoms with Gasteiger partial charge < -0.3 is 20.2 Å². The Bertz CT molecular complexity index is 1640. The number of allylic oxidation sites excluding steroid dienone is 2. The van der Waals surface area contributed by atoms with E-state index in [1.807, 2.05) is 16.8 Å². The van der Waals surface area contributed by atoms with Crippen molar-refractivity contribution < 1.29 is 5.11 Å². The van der Waals surface area contributed by atoms with E-state index in [1.165, 1.54) is 11.1 Å². The van der Waals surface area contributed by atoms with E-state index in [2.05, 4.69) is 63.6 Å². The molecule has 0 saturated heterocycles. The van der Waals surface area contributed by atoms with E-state index < -0.39 is 6.23 Å². The van der Waals surface area contributed by atoms with Crippen molar-refractivity contribution >= 4 is 28.4 Å². The summed E-state index contributed by atoms with van der Waals surface area (Å²) in [4.78, 5) is 27.2. The van der Waals surface area contributed by atoms with Crippen LogP contribution in [0.1, 0.15) is 29.5 Å². The van der Waals surface area contributed by atoms with Crippen LogP contribution in [0, 0.1) is 0 Å². The van der Waals surface area contributed by atoms with Crippen LogP contribution in [0.15, 0.2) is 59.5 Å². The summed E-state index contributed by atoms with van der Waals surface area (Å²) in [7, 11) is 2.14. The zero-order chi connectivity index (χ0) is 25.8. The highest BCUT2D eigenvalue weighted by Gasteiger charge is 2.28. The monoisotopic (exact) mass is 509 g/mol. The van der Waals surface area contributed by atoms with Gasteiger partial charge >= 0.3 is 0 Å². The molecule has 0 aliphatic carbocycles. The smallest absolute Gasteiger partial charge is 0.278 e. The van der Waals surface area contributed by atoms with Crippen LogP contribution in [-0.4, -0.2) is 55.7 Å². The topological polar surface area (TPSA) is 91.5 Å². The zero-order valence-corrected chi connectivity index (χ0v) is 21.5. The average Bonchev–Trinajstić information content (AvgIpc) is 3.36. The van der Waals surface area contributed by atoms with Crippen LogP contribution >= 0.6 is 0 Å². The Morgan fingerprint density at radius 2 is 1.95 bits per heavy atom. The van der Waals surface area contributed by atoms with Crippen molar-refractivity contribution in [2.45, 2.75) is 45.0 Å². The number of fused-ring (bicyclic) bond motifs is 6. The van der Waals surface area contributed by atoms with Gasteiger partial charge in [-0.25, -0.2) is 14.3 Å². The fraction of sp³-hybridized carbons (Fsp3) is 0.345. The maximum atomic E-state index is 13.5. The lowest BCUT2D eigenvalue weighted by atomic mass is 9.99. The first-order valence-electron chi connectivity index (χ1n) is 13.3. The number of likely N-dealkylation sites (N-methyl/N-ethyl adjacent to an activating group) is 1. The Labute approximate surface area is 220 Å². The first-order chi connectivity index (χ1) is 18.5. The molecule has 0 saturated carbocycles. The van der Waals surface area contributed by atoms with E-state index in [4.69, 9.17) is 4.98 Å². The molecule has 38 heavy (non-hydrogen) atoms. The quantitative estimate of drug-likeness (QED) is 0.401. The molecule has 0 amide bonds. The SMILES string of the molecule is CN1CCc2ccc(Nc3ncc4c(=O)n5n(c4n3)-c3ccc4c(c3)N(CCC/C=C\C5)C(O)C4)cc2C1. The van der Waals surface area contributed by atoms with E-state index in [0.717, 1.165) is 61.5 Å². The summed E-state index contributed by atoms with van der Waals surface area (Å²) in [5.74, 6) is 0.447. The van der Waals surface area contributed by atoms with Crippen molar-refractivity contribution in [2.75, 3.05) is 30.4 Å². The minimum atomic E-state index is -0.523. The molecule has 5 heterocycles. The van der Waals surface area contributed by atoms with Gasteiger partial charge in [0.2, 0.25) is 5.95 Å². The summed E-state index contributed by atoms with van der Waals surface area (Å²) in [5, 5.41) is 14.5. The van der Waals surface area contributed by atoms with Crippen LogP contribution in [-0.2, 0) is 25.9 Å². The Hall–Kier alpha value is -3.95. The van der Waals surface area contributed by atoms with Gasteiger partial charge in [-0.05, 0) is 67.3 Å². The Kier molecular flexibility index (Phi) is 5.56. The summed E-state index contributed by atoms with van der Waals surface area (Å²) >= 11 is 0. The second-order valence-corrected chi connectivity index (χ2v) is 10.5. The van der Waals surface area contributed by atoms with Crippen LogP contribution in [0.3, 0.4) is 0 Å². The van der Waals surface area contributed by atoms with E-state index in [1.54, 1.807) is 10.9 Å². The third-order valence-corrected chi connectivity index (χ3v) is 7.94. The third-order valence-electron chi connectivity index (χ3n) is 7.94. The van der Waals surface area contributed by atoms with E-state index in [-0.39, 0.29) is 5.56 Å². The molecule has 3 aliphatic rings. The maximum Gasteiger partial charge on any atom is 0.278 e. The minimum absolute atomic E-state index is 0.123. The Morgan fingerprint density at radius 1 is 1.05 bits per heavy atom. The highest BCUT2D eigenvalue weighted by molar-refractivity contribution is 5.78. The molecule has 1 unspecified atom stereocenters. The first kappa shape index (κ1) is 23.2. The Morgan fingerprint density at radius 3 is 2.87 bits per heavy atom. The van der Waals surface area contributed by atoms with Crippen molar-refractivity contribution in [3.05, 3.63) is 81.8 Å². The number of anilines is 3. The minimum Gasteiger partial charge on any atom is -0.373 e. The number of benzene rings is 2. The lowest BCUT2D eigenvalue weighted by Crippen LogP contribution is -2.32. The van der Waals surface area contributed by atoms with Gasteiger partial charge in [-0.15, -0.1) is 0 Å². The predicted molar refractivity (Wildman–Crippen MR) is 148 cm³/mol. The summed E-state index contributed by atoms with van der Waals surface area (Å²) in [6, 6.07) is 12.5. The first-order valence-corrected chi connectivity index (χ1v) is 13.3. The highest BCUT2D eigenvalue weighted by Crippen LogP contribution is 2.34. The normalized spacial score (nSPS) is 19.9. The van der Waals surface area contributed by atoms with Gasteiger partial charge in [-0.3, -0.25) is 4.79 Å². The van der Waals surface area contributed by atoms with Gasteiger partial charge in [0.1, 0.15) is 11.6 Å². The third kappa shape index (κ3) is 3.90. The molecule has 9 nitrogen and oxygen atoms in total. The molecule has 0 fully saturated rings.